The highest BCUT2D eigenvalue weighted by molar-refractivity contribution is 7.89. The number of nitrogens with zero attached hydrogens (tertiary/aromatic N) is 2. The number of rotatable bonds is 15. The summed E-state index contributed by atoms with van der Waals surface area (Å²) < 4.78 is 28.4. The van der Waals surface area contributed by atoms with Gasteiger partial charge >= 0.3 is 0 Å². The minimum Gasteiger partial charge on any atom is -0.390 e. The van der Waals surface area contributed by atoms with E-state index in [0.29, 0.717) is 0 Å². The topological polar surface area (TPSA) is 119 Å². The highest BCUT2D eigenvalue weighted by atomic mass is 32.2. The van der Waals surface area contributed by atoms with E-state index in [0.717, 1.165) is 23.4 Å². The van der Waals surface area contributed by atoms with E-state index in [1.807, 2.05) is 44.2 Å². The molecule has 3 rings (SSSR count). The van der Waals surface area contributed by atoms with Crippen LogP contribution in [0.15, 0.2) is 65.6 Å². The lowest BCUT2D eigenvalue weighted by Crippen LogP contribution is -2.60. The molecule has 0 spiro atoms. The van der Waals surface area contributed by atoms with Crippen molar-refractivity contribution in [1.82, 2.24) is 20.1 Å². The molecule has 9 nitrogen and oxygen atoms in total. The Labute approximate surface area is 238 Å². The van der Waals surface area contributed by atoms with Crippen molar-refractivity contribution < 1.29 is 23.1 Å². The van der Waals surface area contributed by atoms with Gasteiger partial charge in [0.2, 0.25) is 15.9 Å². The predicted molar refractivity (Wildman–Crippen MR) is 154 cm³/mol. The number of carbonyl (C=O) groups excluding carboxylic acids is 2. The summed E-state index contributed by atoms with van der Waals surface area (Å²) >= 11 is 0. The average molecular weight is 569 g/mol. The Bertz CT molecular complexity index is 1240. The van der Waals surface area contributed by atoms with Gasteiger partial charge in [-0.25, -0.2) is 13.4 Å². The number of benzene rings is 2. The monoisotopic (exact) mass is 568 g/mol. The number of hydrazine groups is 1. The maximum absolute atomic E-state index is 13.6. The number of terminal acetylenes is 1. The zero-order valence-corrected chi connectivity index (χ0v) is 24.0. The Morgan fingerprint density at radius 1 is 1.05 bits per heavy atom. The minimum atomic E-state index is -3.95. The Hall–Kier alpha value is -3.23. The Balaban J connectivity index is 1.94. The third-order valence-corrected chi connectivity index (χ3v) is 8.38. The fourth-order valence-electron chi connectivity index (χ4n) is 4.33. The first kappa shape index (κ1) is 31.3. The van der Waals surface area contributed by atoms with Crippen LogP contribution in [-0.2, 0) is 26.0 Å². The highest BCUT2D eigenvalue weighted by Gasteiger charge is 2.36. The van der Waals surface area contributed by atoms with Crippen molar-refractivity contribution >= 4 is 21.8 Å². The second-order valence-electron chi connectivity index (χ2n) is 10.5. The summed E-state index contributed by atoms with van der Waals surface area (Å²) in [7, 11) is -3.95. The molecule has 40 heavy (non-hydrogen) atoms. The summed E-state index contributed by atoms with van der Waals surface area (Å²) in [6.07, 6.45) is 6.36. The second-order valence-corrected chi connectivity index (χ2v) is 12.4. The molecule has 2 aromatic carbocycles. The number of hydrogen-bond acceptors (Lipinski definition) is 6. The van der Waals surface area contributed by atoms with Crippen LogP contribution in [0.3, 0.4) is 0 Å². The van der Waals surface area contributed by atoms with Crippen molar-refractivity contribution in [3.8, 4) is 12.3 Å². The van der Waals surface area contributed by atoms with Gasteiger partial charge in [-0.15, -0.1) is 12.3 Å². The van der Waals surface area contributed by atoms with Crippen molar-refractivity contribution in [3.63, 3.8) is 0 Å². The number of nitrogens with one attached hydrogen (secondary N) is 2. The number of aliphatic hydroxyl groups is 1. The Kier molecular flexibility index (Phi) is 11.7. The second kappa shape index (κ2) is 15.0. The number of hydrogen-bond donors (Lipinski definition) is 3. The molecule has 2 amide bonds. The molecule has 0 aromatic heterocycles. The maximum atomic E-state index is 13.6. The molecule has 0 heterocycles. The average Bonchev–Trinajstić information content (AvgIpc) is 3.77. The first-order valence-electron chi connectivity index (χ1n) is 13.7. The van der Waals surface area contributed by atoms with E-state index in [2.05, 4.69) is 16.7 Å². The van der Waals surface area contributed by atoms with Crippen LogP contribution in [0, 0.1) is 18.3 Å². The largest absolute Gasteiger partial charge is 0.390 e. The lowest BCUT2D eigenvalue weighted by molar-refractivity contribution is -0.147. The molecular formula is C30H40N4O5S. The summed E-state index contributed by atoms with van der Waals surface area (Å²) in [5.41, 5.74) is 3.49. The van der Waals surface area contributed by atoms with E-state index >= 15 is 0 Å². The van der Waals surface area contributed by atoms with Gasteiger partial charge in [0.05, 0.1) is 23.6 Å². The highest BCUT2D eigenvalue weighted by Crippen LogP contribution is 2.21. The number of amides is 2. The van der Waals surface area contributed by atoms with Crippen LogP contribution in [0.5, 0.6) is 0 Å². The molecule has 2 atom stereocenters. The first-order valence-corrected chi connectivity index (χ1v) is 15.1. The third kappa shape index (κ3) is 9.45. The number of aliphatic hydroxyl groups excluding tert-OH is 1. The van der Waals surface area contributed by atoms with Gasteiger partial charge in [0.15, 0.2) is 0 Å². The molecule has 1 aliphatic rings. The van der Waals surface area contributed by atoms with E-state index in [4.69, 9.17) is 6.42 Å². The first-order chi connectivity index (χ1) is 19.1. The van der Waals surface area contributed by atoms with Gasteiger partial charge in [-0.2, -0.15) is 4.31 Å². The summed E-state index contributed by atoms with van der Waals surface area (Å²) in [5, 5.41) is 15.9. The van der Waals surface area contributed by atoms with Gasteiger partial charge in [0.25, 0.3) is 5.91 Å². The minimum absolute atomic E-state index is 0.0135. The Morgan fingerprint density at radius 2 is 1.68 bits per heavy atom. The Morgan fingerprint density at radius 3 is 2.25 bits per heavy atom. The predicted octanol–water partition coefficient (Wildman–Crippen LogP) is 2.33. The van der Waals surface area contributed by atoms with Crippen LogP contribution in [0.2, 0.25) is 0 Å². The van der Waals surface area contributed by atoms with Gasteiger partial charge in [-0.3, -0.25) is 15.0 Å². The van der Waals surface area contributed by atoms with E-state index in [1.54, 1.807) is 18.2 Å². The smallest absolute Gasteiger partial charge is 0.252 e. The number of sulfonamides is 1. The summed E-state index contributed by atoms with van der Waals surface area (Å²) in [4.78, 5) is 26.3. The fraction of sp³-hybridized carbons (Fsp3) is 0.467. The molecule has 0 unspecified atom stereocenters. The molecule has 10 heteroatoms. The van der Waals surface area contributed by atoms with Crippen LogP contribution in [0.1, 0.15) is 45.1 Å². The zero-order chi connectivity index (χ0) is 29.1. The lowest BCUT2D eigenvalue weighted by Gasteiger charge is -2.37. The van der Waals surface area contributed by atoms with E-state index in [9.17, 15) is 23.1 Å². The van der Waals surface area contributed by atoms with Gasteiger partial charge in [-0.1, -0.05) is 62.4 Å². The lowest BCUT2D eigenvalue weighted by atomic mass is 9.99. The van der Waals surface area contributed by atoms with E-state index in [-0.39, 0.29) is 55.8 Å². The summed E-state index contributed by atoms with van der Waals surface area (Å²) in [5.74, 6) is 1.53. The van der Waals surface area contributed by atoms with Gasteiger partial charge < -0.3 is 10.4 Å². The van der Waals surface area contributed by atoms with Crippen LogP contribution in [-0.4, -0.2) is 72.5 Å². The van der Waals surface area contributed by atoms with Crippen molar-refractivity contribution in [2.45, 2.75) is 69.0 Å². The molecular weight excluding hydrogens is 528 g/mol. The van der Waals surface area contributed by atoms with Crippen LogP contribution in [0.25, 0.3) is 0 Å². The molecule has 1 fully saturated rings. The van der Waals surface area contributed by atoms with Gasteiger partial charge in [0.1, 0.15) is 0 Å². The van der Waals surface area contributed by atoms with Crippen LogP contribution >= 0.6 is 0 Å². The molecule has 216 valence electrons. The fourth-order valence-corrected chi connectivity index (χ4v) is 5.98. The third-order valence-electron chi connectivity index (χ3n) is 6.53. The SMILES string of the molecule is C#CCCC(=O)N(NC(=O)CNC1CC1)[C@@H](Cc1ccccc1)[C@H](O)CN(CC(C)C)S(=O)(=O)c1ccccc1. The van der Waals surface area contributed by atoms with Gasteiger partial charge in [-0.05, 0) is 42.9 Å². The molecule has 0 radical (unpaired) electrons. The van der Waals surface area contributed by atoms with Crippen molar-refractivity contribution in [1.29, 1.82) is 0 Å². The standard InChI is InChI=1S/C30H40N4O5S/c1-4-5-16-30(37)34(32-29(36)20-31-25-17-18-25)27(19-24-12-8-6-9-13-24)28(35)22-33(21-23(2)3)40(38,39)26-14-10-7-11-15-26/h1,6-15,23,25,27-28,31,35H,5,16-22H2,2-3H3,(H,32,36)/t27-,28+/m0/s1. The maximum Gasteiger partial charge on any atom is 0.252 e. The number of carbonyl (C=O) groups is 2. The van der Waals surface area contributed by atoms with Crippen LogP contribution < -0.4 is 10.7 Å². The molecule has 0 bridgehead atoms. The molecule has 2 aromatic rings. The van der Waals surface area contributed by atoms with Crippen molar-refractivity contribution in [2.24, 2.45) is 5.92 Å². The van der Waals surface area contributed by atoms with E-state index < -0.39 is 34.0 Å². The van der Waals surface area contributed by atoms with Gasteiger partial charge in [0, 0.05) is 32.0 Å². The van der Waals surface area contributed by atoms with Crippen molar-refractivity contribution in [2.75, 3.05) is 19.6 Å². The summed E-state index contributed by atoms with van der Waals surface area (Å²) in [6.45, 7) is 3.69. The quantitative estimate of drug-likeness (QED) is 0.224. The summed E-state index contributed by atoms with van der Waals surface area (Å²) in [6, 6.07) is 16.6. The molecule has 0 aliphatic heterocycles. The molecule has 3 N–H and O–H groups in total. The van der Waals surface area contributed by atoms with Crippen molar-refractivity contribution in [3.05, 3.63) is 66.2 Å². The molecule has 0 saturated heterocycles. The zero-order valence-electron chi connectivity index (χ0n) is 23.2. The molecule has 1 aliphatic carbocycles. The van der Waals surface area contributed by atoms with E-state index in [1.165, 1.54) is 16.4 Å². The molecule has 1 saturated carbocycles. The normalized spacial score (nSPS) is 14.9. The van der Waals surface area contributed by atoms with Crippen LogP contribution in [0.4, 0.5) is 0 Å².